The molecule has 1 aromatic carbocycles. The largest absolute Gasteiger partial charge is 0.475 e. The molecule has 0 fully saturated rings. The molecule has 20 heavy (non-hydrogen) atoms. The van der Waals surface area contributed by atoms with Crippen molar-refractivity contribution in [3.8, 4) is 0 Å². The van der Waals surface area contributed by atoms with Crippen molar-refractivity contribution in [2.24, 2.45) is 0 Å². The Morgan fingerprint density at radius 1 is 1.30 bits per heavy atom. The first-order valence-electron chi connectivity index (χ1n) is 5.93. The summed E-state index contributed by atoms with van der Waals surface area (Å²) in [5, 5.41) is 11.4. The van der Waals surface area contributed by atoms with E-state index in [9.17, 15) is 9.59 Å². The maximum atomic E-state index is 11.9. The number of hydrogen-bond donors (Lipinski definition) is 3. The monoisotopic (exact) mass is 274 g/mol. The first kappa shape index (κ1) is 13.7. The standard InChI is InChI=1S/C14H14N2O4/c1-8-6-9(2-4-11(8)15)13(17)16-7-10-3-5-12(20-10)14(18)19/h2-6H,7,15H2,1H3,(H,16,17)(H,18,19). The Balaban J connectivity index is 2.00. The minimum Gasteiger partial charge on any atom is -0.475 e. The summed E-state index contributed by atoms with van der Waals surface area (Å²) in [6.07, 6.45) is 0. The lowest BCUT2D eigenvalue weighted by Crippen LogP contribution is -2.22. The molecule has 2 rings (SSSR count). The van der Waals surface area contributed by atoms with Crippen LogP contribution >= 0.6 is 0 Å². The summed E-state index contributed by atoms with van der Waals surface area (Å²) in [6, 6.07) is 7.84. The third kappa shape index (κ3) is 2.97. The van der Waals surface area contributed by atoms with E-state index >= 15 is 0 Å². The summed E-state index contributed by atoms with van der Waals surface area (Å²) in [6.45, 7) is 1.94. The number of rotatable bonds is 4. The molecule has 6 heteroatoms. The molecule has 0 spiro atoms. The van der Waals surface area contributed by atoms with E-state index < -0.39 is 5.97 Å². The number of nitrogen functional groups attached to an aromatic ring is 1. The minimum absolute atomic E-state index is 0.121. The van der Waals surface area contributed by atoms with Gasteiger partial charge in [-0.1, -0.05) is 0 Å². The summed E-state index contributed by atoms with van der Waals surface area (Å²) in [5.74, 6) is -1.20. The molecule has 6 nitrogen and oxygen atoms in total. The number of aryl methyl sites for hydroxylation is 1. The lowest BCUT2D eigenvalue weighted by molar-refractivity contribution is 0.0660. The zero-order valence-corrected chi connectivity index (χ0v) is 10.8. The third-order valence-electron chi connectivity index (χ3n) is 2.83. The first-order chi connectivity index (χ1) is 9.47. The highest BCUT2D eigenvalue weighted by Crippen LogP contribution is 2.13. The number of amides is 1. The van der Waals surface area contributed by atoms with Gasteiger partial charge >= 0.3 is 5.97 Å². The third-order valence-corrected chi connectivity index (χ3v) is 2.83. The number of nitrogens with two attached hydrogens (primary N) is 1. The van der Waals surface area contributed by atoms with Gasteiger partial charge in [-0.25, -0.2) is 4.79 Å². The second kappa shape index (κ2) is 5.48. The highest BCUT2D eigenvalue weighted by molar-refractivity contribution is 5.94. The second-order valence-corrected chi connectivity index (χ2v) is 4.33. The maximum Gasteiger partial charge on any atom is 0.371 e. The van der Waals surface area contributed by atoms with E-state index in [1.54, 1.807) is 18.2 Å². The van der Waals surface area contributed by atoms with Crippen molar-refractivity contribution in [3.63, 3.8) is 0 Å². The van der Waals surface area contributed by atoms with E-state index in [0.717, 1.165) is 5.56 Å². The maximum absolute atomic E-state index is 11.9. The molecule has 0 saturated carbocycles. The minimum atomic E-state index is -1.14. The van der Waals surface area contributed by atoms with Gasteiger partial charge in [-0.2, -0.15) is 0 Å². The van der Waals surface area contributed by atoms with Crippen molar-refractivity contribution in [3.05, 3.63) is 53.0 Å². The molecule has 0 saturated heterocycles. The predicted molar refractivity (Wildman–Crippen MR) is 72.4 cm³/mol. The van der Waals surface area contributed by atoms with E-state index in [1.165, 1.54) is 12.1 Å². The molecule has 0 unspecified atom stereocenters. The number of hydrogen-bond acceptors (Lipinski definition) is 4. The van der Waals surface area contributed by atoms with E-state index in [0.29, 0.717) is 17.0 Å². The Hall–Kier alpha value is -2.76. The molecule has 1 heterocycles. The lowest BCUT2D eigenvalue weighted by Gasteiger charge is -2.05. The number of nitrogens with one attached hydrogen (secondary N) is 1. The number of aromatic carboxylic acids is 1. The smallest absolute Gasteiger partial charge is 0.371 e. The van der Waals surface area contributed by atoms with E-state index in [-0.39, 0.29) is 18.2 Å². The van der Waals surface area contributed by atoms with E-state index in [2.05, 4.69) is 5.32 Å². The van der Waals surface area contributed by atoms with Crippen molar-refractivity contribution >= 4 is 17.6 Å². The fourth-order valence-electron chi connectivity index (χ4n) is 1.67. The summed E-state index contributed by atoms with van der Waals surface area (Å²) in [4.78, 5) is 22.6. The molecule has 0 atom stereocenters. The van der Waals surface area contributed by atoms with Gasteiger partial charge < -0.3 is 20.6 Å². The molecule has 1 amide bonds. The molecule has 0 radical (unpaired) electrons. The highest BCUT2D eigenvalue weighted by atomic mass is 16.4. The average Bonchev–Trinajstić information content (AvgIpc) is 2.88. The number of carbonyl (C=O) groups is 2. The Kier molecular flexibility index (Phi) is 3.74. The molecule has 4 N–H and O–H groups in total. The average molecular weight is 274 g/mol. The van der Waals surface area contributed by atoms with Crippen molar-refractivity contribution < 1.29 is 19.1 Å². The molecule has 2 aromatic rings. The van der Waals surface area contributed by atoms with Crippen LogP contribution in [0.3, 0.4) is 0 Å². The van der Waals surface area contributed by atoms with E-state index in [4.69, 9.17) is 15.3 Å². The van der Waals surface area contributed by atoms with Gasteiger partial charge in [-0.05, 0) is 42.8 Å². The predicted octanol–water partition coefficient (Wildman–Crippen LogP) is 1.80. The van der Waals surface area contributed by atoms with Crippen molar-refractivity contribution in [2.75, 3.05) is 5.73 Å². The summed E-state index contributed by atoms with van der Waals surface area (Å²) >= 11 is 0. The van der Waals surface area contributed by atoms with Gasteiger partial charge in [0.1, 0.15) is 5.76 Å². The zero-order valence-electron chi connectivity index (χ0n) is 10.8. The fourth-order valence-corrected chi connectivity index (χ4v) is 1.67. The Bertz CT molecular complexity index is 661. The van der Waals surface area contributed by atoms with Crippen LogP contribution in [0.15, 0.2) is 34.7 Å². The van der Waals surface area contributed by atoms with E-state index in [1.807, 2.05) is 6.92 Å². The molecular formula is C14H14N2O4. The number of carboxylic acids is 1. The van der Waals surface area contributed by atoms with Crippen LogP contribution in [0.2, 0.25) is 0 Å². The second-order valence-electron chi connectivity index (χ2n) is 4.33. The highest BCUT2D eigenvalue weighted by Gasteiger charge is 2.11. The fraction of sp³-hybridized carbons (Fsp3) is 0.143. The zero-order chi connectivity index (χ0) is 14.7. The number of carboxylic acid groups (broad SMARTS) is 1. The van der Waals surface area contributed by atoms with Gasteiger partial charge in [-0.15, -0.1) is 0 Å². The summed E-state index contributed by atoms with van der Waals surface area (Å²) in [5.41, 5.74) is 7.62. The van der Waals surface area contributed by atoms with Crippen molar-refractivity contribution in [1.82, 2.24) is 5.32 Å². The number of carbonyl (C=O) groups excluding carboxylic acids is 1. The molecule has 0 aliphatic carbocycles. The number of furan rings is 1. The van der Waals surface area contributed by atoms with Crippen LogP contribution in [0.5, 0.6) is 0 Å². The van der Waals surface area contributed by atoms with Crippen LogP contribution in [0.25, 0.3) is 0 Å². The van der Waals surface area contributed by atoms with Gasteiger partial charge in [0.15, 0.2) is 0 Å². The van der Waals surface area contributed by atoms with Crippen LogP contribution < -0.4 is 11.1 Å². The summed E-state index contributed by atoms with van der Waals surface area (Å²) in [7, 11) is 0. The Labute approximate surface area is 115 Å². The first-order valence-corrected chi connectivity index (χ1v) is 5.93. The van der Waals surface area contributed by atoms with Gasteiger partial charge in [0.05, 0.1) is 6.54 Å². The van der Waals surface area contributed by atoms with Gasteiger partial charge in [0.2, 0.25) is 5.76 Å². The number of benzene rings is 1. The van der Waals surface area contributed by atoms with Crippen LogP contribution in [0.1, 0.15) is 32.2 Å². The molecule has 1 aromatic heterocycles. The number of anilines is 1. The van der Waals surface area contributed by atoms with Crippen LogP contribution in [-0.2, 0) is 6.54 Å². The van der Waals surface area contributed by atoms with Crippen LogP contribution in [-0.4, -0.2) is 17.0 Å². The molecular weight excluding hydrogens is 260 g/mol. The molecule has 0 aliphatic heterocycles. The lowest BCUT2D eigenvalue weighted by atomic mass is 10.1. The van der Waals surface area contributed by atoms with Gasteiger partial charge in [0.25, 0.3) is 5.91 Å². The topological polar surface area (TPSA) is 106 Å². The quantitative estimate of drug-likeness (QED) is 0.737. The molecule has 0 bridgehead atoms. The molecule has 104 valence electrons. The van der Waals surface area contributed by atoms with Crippen LogP contribution in [0, 0.1) is 6.92 Å². The molecule has 0 aliphatic rings. The van der Waals surface area contributed by atoms with Crippen LogP contribution in [0.4, 0.5) is 5.69 Å². The van der Waals surface area contributed by atoms with Crippen molar-refractivity contribution in [1.29, 1.82) is 0 Å². The normalized spacial score (nSPS) is 10.2. The Morgan fingerprint density at radius 3 is 2.65 bits per heavy atom. The van der Waals surface area contributed by atoms with Gasteiger partial charge in [0, 0.05) is 11.3 Å². The van der Waals surface area contributed by atoms with Gasteiger partial charge in [-0.3, -0.25) is 4.79 Å². The van der Waals surface area contributed by atoms with Crippen molar-refractivity contribution in [2.45, 2.75) is 13.5 Å². The summed E-state index contributed by atoms with van der Waals surface area (Å²) < 4.78 is 5.04. The Morgan fingerprint density at radius 2 is 2.05 bits per heavy atom. The SMILES string of the molecule is Cc1cc(C(=O)NCc2ccc(C(=O)O)o2)ccc1N.